The maximum absolute atomic E-state index is 11.4. The van der Waals surface area contributed by atoms with Crippen LogP contribution in [-0.2, 0) is 4.79 Å². The van der Waals surface area contributed by atoms with E-state index in [0.29, 0.717) is 6.42 Å². The fourth-order valence-electron chi connectivity index (χ4n) is 1.19. The molecule has 0 aliphatic carbocycles. The summed E-state index contributed by atoms with van der Waals surface area (Å²) in [5.41, 5.74) is 0.353. The van der Waals surface area contributed by atoms with Gasteiger partial charge in [-0.1, -0.05) is 6.92 Å². The molecule has 0 radical (unpaired) electrons. The second-order valence-corrected chi connectivity index (χ2v) is 3.08. The molecule has 1 unspecified atom stereocenters. The quantitative estimate of drug-likeness (QED) is 0.767. The van der Waals surface area contributed by atoms with E-state index in [2.05, 4.69) is 5.10 Å². The molecule has 76 valence electrons. The maximum atomic E-state index is 11.4. The molecule has 0 saturated heterocycles. The molecule has 1 rings (SSSR count). The first-order valence-corrected chi connectivity index (χ1v) is 4.34. The van der Waals surface area contributed by atoms with E-state index in [0.717, 1.165) is 10.2 Å². The molecule has 5 heteroatoms. The molecule has 0 aliphatic heterocycles. The van der Waals surface area contributed by atoms with Gasteiger partial charge in [-0.05, 0) is 18.9 Å². The van der Waals surface area contributed by atoms with Crippen LogP contribution >= 0.6 is 0 Å². The van der Waals surface area contributed by atoms with Gasteiger partial charge in [-0.25, -0.2) is 9.48 Å². The van der Waals surface area contributed by atoms with Crippen molar-refractivity contribution in [3.05, 3.63) is 28.2 Å². The lowest BCUT2D eigenvalue weighted by Gasteiger charge is -2.11. The van der Waals surface area contributed by atoms with Gasteiger partial charge in [0.05, 0.1) is 6.20 Å². The Labute approximate surface area is 81.0 Å². The highest BCUT2D eigenvalue weighted by Gasteiger charge is 2.18. The molecule has 0 spiro atoms. The van der Waals surface area contributed by atoms with E-state index in [1.807, 2.05) is 0 Å². The molecule has 1 heterocycles. The fraction of sp³-hybridized carbons (Fsp3) is 0.444. The van der Waals surface area contributed by atoms with E-state index in [-0.39, 0.29) is 5.56 Å². The third kappa shape index (κ3) is 1.99. The average Bonchev–Trinajstić information content (AvgIpc) is 2.09. The molecular weight excluding hydrogens is 184 g/mol. The van der Waals surface area contributed by atoms with E-state index < -0.39 is 12.0 Å². The number of carboxylic acids is 1. The Morgan fingerprint density at radius 1 is 1.71 bits per heavy atom. The van der Waals surface area contributed by atoms with Crippen molar-refractivity contribution >= 4 is 5.97 Å². The lowest BCUT2D eigenvalue weighted by Crippen LogP contribution is -2.31. The topological polar surface area (TPSA) is 72.2 Å². The predicted molar refractivity (Wildman–Crippen MR) is 50.2 cm³/mol. The third-order valence-electron chi connectivity index (χ3n) is 1.93. The molecule has 0 aromatic carbocycles. The summed E-state index contributed by atoms with van der Waals surface area (Å²) in [6, 6.07) is 0.501. The molecule has 0 fully saturated rings. The number of aryl methyl sites for hydroxylation is 1. The Kier molecular flexibility index (Phi) is 3.01. The maximum Gasteiger partial charge on any atom is 0.328 e. The predicted octanol–water partition coefficient (Wildman–Crippen LogP) is 0.587. The highest BCUT2D eigenvalue weighted by Crippen LogP contribution is 2.06. The van der Waals surface area contributed by atoms with Crippen LogP contribution in [0.5, 0.6) is 0 Å². The van der Waals surface area contributed by atoms with Crippen LogP contribution in [0.4, 0.5) is 0 Å². The summed E-state index contributed by atoms with van der Waals surface area (Å²) in [6.45, 7) is 3.44. The Morgan fingerprint density at radius 2 is 2.36 bits per heavy atom. The van der Waals surface area contributed by atoms with Gasteiger partial charge in [0.25, 0.3) is 5.56 Å². The minimum absolute atomic E-state index is 0.339. The molecule has 1 atom stereocenters. The van der Waals surface area contributed by atoms with Crippen molar-refractivity contribution < 1.29 is 9.90 Å². The van der Waals surface area contributed by atoms with Crippen LogP contribution in [0.1, 0.15) is 24.9 Å². The van der Waals surface area contributed by atoms with Crippen molar-refractivity contribution in [2.75, 3.05) is 0 Å². The SMILES string of the molecule is CCC(C(=O)O)n1ncc(C)cc1=O. The van der Waals surface area contributed by atoms with Crippen LogP contribution in [0, 0.1) is 6.92 Å². The Hall–Kier alpha value is -1.65. The number of carboxylic acid groups (broad SMARTS) is 1. The van der Waals surface area contributed by atoms with Crippen molar-refractivity contribution in [2.45, 2.75) is 26.3 Å². The van der Waals surface area contributed by atoms with Crippen LogP contribution in [0.25, 0.3) is 0 Å². The number of carbonyl (C=O) groups is 1. The van der Waals surface area contributed by atoms with Crippen molar-refractivity contribution in [3.63, 3.8) is 0 Å². The van der Waals surface area contributed by atoms with Crippen LogP contribution in [-0.4, -0.2) is 20.9 Å². The molecular formula is C9H12N2O3. The Bertz CT molecular complexity index is 397. The number of aliphatic carboxylic acids is 1. The monoisotopic (exact) mass is 196 g/mol. The summed E-state index contributed by atoms with van der Waals surface area (Å²) in [7, 11) is 0. The zero-order valence-electron chi connectivity index (χ0n) is 8.10. The van der Waals surface area contributed by atoms with Crippen molar-refractivity contribution in [1.29, 1.82) is 0 Å². The van der Waals surface area contributed by atoms with Gasteiger partial charge in [0.2, 0.25) is 0 Å². The van der Waals surface area contributed by atoms with Gasteiger partial charge in [0.1, 0.15) is 0 Å². The van der Waals surface area contributed by atoms with Crippen LogP contribution < -0.4 is 5.56 Å². The summed E-state index contributed by atoms with van der Waals surface area (Å²) < 4.78 is 0.995. The Morgan fingerprint density at radius 3 is 2.79 bits per heavy atom. The largest absolute Gasteiger partial charge is 0.480 e. The zero-order chi connectivity index (χ0) is 10.7. The minimum atomic E-state index is -1.04. The minimum Gasteiger partial charge on any atom is -0.480 e. The smallest absolute Gasteiger partial charge is 0.328 e. The average molecular weight is 196 g/mol. The van der Waals surface area contributed by atoms with Gasteiger partial charge in [0.15, 0.2) is 6.04 Å². The highest BCUT2D eigenvalue weighted by atomic mass is 16.4. The van der Waals surface area contributed by atoms with E-state index in [9.17, 15) is 9.59 Å². The standard InChI is InChI=1S/C9H12N2O3/c1-3-7(9(13)14)11-8(12)4-6(2)5-10-11/h4-5,7H,3H2,1-2H3,(H,13,14). The van der Waals surface area contributed by atoms with Gasteiger partial charge in [0, 0.05) is 6.07 Å². The van der Waals surface area contributed by atoms with Crippen LogP contribution in [0.15, 0.2) is 17.1 Å². The van der Waals surface area contributed by atoms with Crippen molar-refractivity contribution in [1.82, 2.24) is 9.78 Å². The first kappa shape index (κ1) is 10.4. The summed E-state index contributed by atoms with van der Waals surface area (Å²) in [5, 5.41) is 12.6. The summed E-state index contributed by atoms with van der Waals surface area (Å²) >= 11 is 0. The van der Waals surface area contributed by atoms with E-state index in [4.69, 9.17) is 5.11 Å². The molecule has 1 N–H and O–H groups in total. The number of nitrogens with zero attached hydrogens (tertiary/aromatic N) is 2. The molecule has 0 saturated carbocycles. The third-order valence-corrected chi connectivity index (χ3v) is 1.93. The number of hydrogen-bond donors (Lipinski definition) is 1. The molecule has 14 heavy (non-hydrogen) atoms. The lowest BCUT2D eigenvalue weighted by atomic mass is 10.2. The highest BCUT2D eigenvalue weighted by molar-refractivity contribution is 5.71. The second-order valence-electron chi connectivity index (χ2n) is 3.08. The van der Waals surface area contributed by atoms with E-state index in [1.54, 1.807) is 13.8 Å². The van der Waals surface area contributed by atoms with Crippen LogP contribution in [0.2, 0.25) is 0 Å². The van der Waals surface area contributed by atoms with Gasteiger partial charge in [-0.2, -0.15) is 5.10 Å². The molecule has 0 aliphatic rings. The first-order valence-electron chi connectivity index (χ1n) is 4.34. The summed E-state index contributed by atoms with van der Waals surface area (Å²) in [5.74, 6) is -1.04. The Balaban J connectivity index is 3.18. The van der Waals surface area contributed by atoms with Gasteiger partial charge < -0.3 is 5.11 Å². The van der Waals surface area contributed by atoms with Gasteiger partial charge in [-0.3, -0.25) is 4.79 Å². The van der Waals surface area contributed by atoms with Crippen molar-refractivity contribution in [3.8, 4) is 0 Å². The zero-order valence-corrected chi connectivity index (χ0v) is 8.10. The number of aromatic nitrogens is 2. The number of hydrogen-bond acceptors (Lipinski definition) is 3. The van der Waals surface area contributed by atoms with E-state index >= 15 is 0 Å². The summed E-state index contributed by atoms with van der Waals surface area (Å²) in [4.78, 5) is 22.2. The molecule has 0 amide bonds. The lowest BCUT2D eigenvalue weighted by molar-refractivity contribution is -0.141. The number of rotatable bonds is 3. The van der Waals surface area contributed by atoms with E-state index in [1.165, 1.54) is 12.3 Å². The normalized spacial score (nSPS) is 12.4. The van der Waals surface area contributed by atoms with Gasteiger partial charge >= 0.3 is 5.97 Å². The van der Waals surface area contributed by atoms with Crippen LogP contribution in [0.3, 0.4) is 0 Å². The van der Waals surface area contributed by atoms with Gasteiger partial charge in [-0.15, -0.1) is 0 Å². The molecule has 5 nitrogen and oxygen atoms in total. The molecule has 0 bridgehead atoms. The first-order chi connectivity index (χ1) is 6.56. The molecule has 1 aromatic heterocycles. The van der Waals surface area contributed by atoms with Crippen molar-refractivity contribution in [2.24, 2.45) is 0 Å². The summed E-state index contributed by atoms with van der Waals surface area (Å²) in [6.07, 6.45) is 1.82. The second kappa shape index (κ2) is 4.04. The molecule has 1 aromatic rings. The fourth-order valence-corrected chi connectivity index (χ4v) is 1.19.